The summed E-state index contributed by atoms with van der Waals surface area (Å²) in [4.78, 5) is 30.7. The van der Waals surface area contributed by atoms with Gasteiger partial charge in [0, 0.05) is 50.8 Å². The molecule has 5 rings (SSSR count). The summed E-state index contributed by atoms with van der Waals surface area (Å²) in [6.45, 7) is 8.26. The first-order chi connectivity index (χ1) is 18.9. The molecule has 2 amide bonds. The second-order valence-electron chi connectivity index (χ2n) is 11.8. The fraction of sp³-hybridized carbons (Fsp3) is 0.645. The summed E-state index contributed by atoms with van der Waals surface area (Å²) in [5.41, 5.74) is 3.97. The van der Waals surface area contributed by atoms with Crippen LogP contribution in [0.4, 0.5) is 0 Å². The van der Waals surface area contributed by atoms with Crippen LogP contribution < -0.4 is 4.74 Å². The van der Waals surface area contributed by atoms with Gasteiger partial charge in [-0.15, -0.1) is 0 Å². The van der Waals surface area contributed by atoms with Gasteiger partial charge in [0.2, 0.25) is 5.91 Å². The van der Waals surface area contributed by atoms with Crippen LogP contribution >= 0.6 is 0 Å². The van der Waals surface area contributed by atoms with E-state index in [4.69, 9.17) is 9.47 Å². The van der Waals surface area contributed by atoms with Crippen LogP contribution in [-0.4, -0.2) is 76.9 Å². The molecule has 0 bridgehead atoms. The van der Waals surface area contributed by atoms with Crippen molar-refractivity contribution in [3.63, 3.8) is 0 Å². The molecule has 1 atom stereocenters. The highest BCUT2D eigenvalue weighted by Gasteiger charge is 2.37. The first-order valence-electron chi connectivity index (χ1n) is 14.7. The fourth-order valence-electron chi connectivity index (χ4n) is 6.62. The Morgan fingerprint density at radius 1 is 1.08 bits per heavy atom. The van der Waals surface area contributed by atoms with E-state index in [0.29, 0.717) is 30.9 Å². The van der Waals surface area contributed by atoms with Gasteiger partial charge in [-0.3, -0.25) is 14.3 Å². The SMILES string of the molecule is Cc1nn(C)c(C)c1CCC(=O)N1CCC2(CCCCOC[C@@H]3CCCN3C(=O)c3ccccc3OC2)CC1. The van der Waals surface area contributed by atoms with Gasteiger partial charge < -0.3 is 19.3 Å². The van der Waals surface area contributed by atoms with Crippen LogP contribution in [0.25, 0.3) is 0 Å². The molecule has 0 radical (unpaired) electrons. The number of para-hydroxylation sites is 1. The maximum atomic E-state index is 13.5. The number of hydrogen-bond donors (Lipinski definition) is 0. The Morgan fingerprint density at radius 3 is 2.64 bits per heavy atom. The minimum absolute atomic E-state index is 0.0102. The van der Waals surface area contributed by atoms with E-state index in [1.54, 1.807) is 0 Å². The van der Waals surface area contributed by atoms with Crippen molar-refractivity contribution in [3.05, 3.63) is 46.8 Å². The number of hydrogen-bond acceptors (Lipinski definition) is 5. The molecule has 212 valence electrons. The molecular formula is C31H44N4O4. The van der Waals surface area contributed by atoms with Crippen molar-refractivity contribution >= 4 is 11.8 Å². The molecule has 8 nitrogen and oxygen atoms in total. The summed E-state index contributed by atoms with van der Waals surface area (Å²) >= 11 is 0. The van der Waals surface area contributed by atoms with Crippen molar-refractivity contribution < 1.29 is 19.1 Å². The number of carbonyl (C=O) groups is 2. The molecule has 1 spiro atoms. The summed E-state index contributed by atoms with van der Waals surface area (Å²) in [6.07, 6.45) is 8.20. The van der Waals surface area contributed by atoms with E-state index in [1.807, 2.05) is 52.7 Å². The number of amides is 2. The average molecular weight is 537 g/mol. The van der Waals surface area contributed by atoms with Crippen molar-refractivity contribution in [2.24, 2.45) is 12.5 Å². The quantitative estimate of drug-likeness (QED) is 0.579. The lowest BCUT2D eigenvalue weighted by atomic mass is 9.75. The molecule has 2 saturated heterocycles. The van der Waals surface area contributed by atoms with E-state index >= 15 is 0 Å². The Bertz CT molecular complexity index is 1170. The average Bonchev–Trinajstić information content (AvgIpc) is 3.51. The number of benzene rings is 1. The number of rotatable bonds is 3. The van der Waals surface area contributed by atoms with Gasteiger partial charge in [0.1, 0.15) is 5.75 Å². The monoisotopic (exact) mass is 536 g/mol. The normalized spacial score (nSPS) is 22.2. The minimum Gasteiger partial charge on any atom is -0.492 e. The smallest absolute Gasteiger partial charge is 0.257 e. The van der Waals surface area contributed by atoms with Crippen LogP contribution in [0, 0.1) is 19.3 Å². The Morgan fingerprint density at radius 2 is 1.87 bits per heavy atom. The number of nitrogens with zero attached hydrogens (tertiary/aromatic N) is 4. The van der Waals surface area contributed by atoms with Gasteiger partial charge in [-0.25, -0.2) is 0 Å². The van der Waals surface area contributed by atoms with Crippen LogP contribution in [-0.2, 0) is 23.0 Å². The third-order valence-corrected chi connectivity index (χ3v) is 9.27. The molecule has 39 heavy (non-hydrogen) atoms. The standard InChI is InChI=1S/C31H44N4O4/c1-23-26(24(2)33(3)32-23)12-13-29(36)34-18-15-31(16-19-34)14-6-7-20-38-21-25-9-8-17-35(25)30(37)27-10-4-5-11-28(27)39-22-31/h4-5,10-11,25H,6-9,12-22H2,1-3H3/t25-/m0/s1. The van der Waals surface area contributed by atoms with Gasteiger partial charge >= 0.3 is 0 Å². The second-order valence-corrected chi connectivity index (χ2v) is 11.8. The third kappa shape index (κ3) is 6.16. The highest BCUT2D eigenvalue weighted by molar-refractivity contribution is 5.97. The Labute approximate surface area is 232 Å². The second kappa shape index (κ2) is 12.1. The van der Waals surface area contributed by atoms with E-state index in [9.17, 15) is 9.59 Å². The van der Waals surface area contributed by atoms with E-state index in [0.717, 1.165) is 89.0 Å². The predicted molar refractivity (Wildman–Crippen MR) is 150 cm³/mol. The van der Waals surface area contributed by atoms with E-state index in [-0.39, 0.29) is 23.3 Å². The van der Waals surface area contributed by atoms with Crippen molar-refractivity contribution in [3.8, 4) is 5.75 Å². The van der Waals surface area contributed by atoms with Crippen LogP contribution in [0.1, 0.15) is 78.7 Å². The molecule has 0 aliphatic carbocycles. The Balaban J connectivity index is 1.25. The van der Waals surface area contributed by atoms with Crippen molar-refractivity contribution in [2.75, 3.05) is 39.5 Å². The molecule has 1 aromatic heterocycles. The van der Waals surface area contributed by atoms with Crippen molar-refractivity contribution in [1.29, 1.82) is 0 Å². The first kappa shape index (κ1) is 27.7. The molecule has 3 aliphatic rings. The lowest BCUT2D eigenvalue weighted by Gasteiger charge is -2.42. The molecule has 8 heteroatoms. The molecule has 0 saturated carbocycles. The number of aromatic nitrogens is 2. The van der Waals surface area contributed by atoms with Gasteiger partial charge in [0.05, 0.1) is 30.5 Å². The third-order valence-electron chi connectivity index (χ3n) is 9.27. The summed E-state index contributed by atoms with van der Waals surface area (Å²) in [6, 6.07) is 7.82. The Kier molecular flexibility index (Phi) is 8.60. The van der Waals surface area contributed by atoms with Gasteiger partial charge in [0.15, 0.2) is 0 Å². The summed E-state index contributed by atoms with van der Waals surface area (Å²) in [7, 11) is 1.95. The molecule has 1 aromatic carbocycles. The van der Waals surface area contributed by atoms with Gasteiger partial charge in [-0.1, -0.05) is 18.6 Å². The van der Waals surface area contributed by atoms with E-state index in [2.05, 4.69) is 12.0 Å². The molecule has 3 aliphatic heterocycles. The lowest BCUT2D eigenvalue weighted by molar-refractivity contribution is -0.134. The molecule has 0 N–H and O–H groups in total. The van der Waals surface area contributed by atoms with E-state index < -0.39 is 0 Å². The Hall–Kier alpha value is -2.87. The number of likely N-dealkylation sites (tertiary alicyclic amines) is 1. The first-order valence-corrected chi connectivity index (χ1v) is 14.7. The fourth-order valence-corrected chi connectivity index (χ4v) is 6.62. The lowest BCUT2D eigenvalue weighted by Crippen LogP contribution is -2.45. The molecular weight excluding hydrogens is 492 g/mol. The number of carbonyl (C=O) groups excluding carboxylic acids is 2. The summed E-state index contributed by atoms with van der Waals surface area (Å²) in [5, 5.41) is 4.49. The zero-order chi connectivity index (χ0) is 27.4. The zero-order valence-corrected chi connectivity index (χ0v) is 23.9. The predicted octanol–water partition coefficient (Wildman–Crippen LogP) is 4.46. The molecule has 2 fully saturated rings. The van der Waals surface area contributed by atoms with Crippen molar-refractivity contribution in [2.45, 2.75) is 77.7 Å². The summed E-state index contributed by atoms with van der Waals surface area (Å²) in [5.74, 6) is 0.937. The zero-order valence-electron chi connectivity index (χ0n) is 23.9. The maximum Gasteiger partial charge on any atom is 0.257 e. The highest BCUT2D eigenvalue weighted by atomic mass is 16.5. The number of aryl methyl sites for hydroxylation is 2. The van der Waals surface area contributed by atoms with Gasteiger partial charge in [0.25, 0.3) is 5.91 Å². The van der Waals surface area contributed by atoms with Crippen LogP contribution in [0.2, 0.25) is 0 Å². The van der Waals surface area contributed by atoms with Crippen LogP contribution in [0.3, 0.4) is 0 Å². The minimum atomic E-state index is -0.0102. The number of piperidine rings is 1. The van der Waals surface area contributed by atoms with E-state index in [1.165, 1.54) is 5.56 Å². The van der Waals surface area contributed by atoms with Crippen LogP contribution in [0.15, 0.2) is 24.3 Å². The summed E-state index contributed by atoms with van der Waals surface area (Å²) < 4.78 is 14.4. The number of fused-ring (bicyclic) bond motifs is 2. The molecule has 0 unspecified atom stereocenters. The highest BCUT2D eigenvalue weighted by Crippen LogP contribution is 2.38. The number of ether oxygens (including phenoxy) is 2. The molecule has 4 heterocycles. The van der Waals surface area contributed by atoms with Crippen molar-refractivity contribution in [1.82, 2.24) is 19.6 Å². The maximum absolute atomic E-state index is 13.5. The van der Waals surface area contributed by atoms with Gasteiger partial charge in [-0.2, -0.15) is 5.10 Å². The topological polar surface area (TPSA) is 76.9 Å². The largest absolute Gasteiger partial charge is 0.492 e. The van der Waals surface area contributed by atoms with Crippen LogP contribution in [0.5, 0.6) is 5.75 Å². The van der Waals surface area contributed by atoms with Gasteiger partial charge in [-0.05, 0) is 76.5 Å². The molecule has 2 aromatic rings.